The summed E-state index contributed by atoms with van der Waals surface area (Å²) >= 11 is 0. The third-order valence-corrected chi connectivity index (χ3v) is 4.94. The number of aromatic nitrogens is 6. The molecule has 1 aromatic carbocycles. The maximum Gasteiger partial charge on any atom is 0.252 e. The molecule has 4 aromatic rings. The van der Waals surface area contributed by atoms with Gasteiger partial charge in [-0.25, -0.2) is 18.6 Å². The molecule has 154 valence electrons. The Hall–Kier alpha value is -3.62. The van der Waals surface area contributed by atoms with Crippen molar-refractivity contribution in [2.24, 2.45) is 0 Å². The molecule has 8 nitrogen and oxygen atoms in total. The van der Waals surface area contributed by atoms with Crippen LogP contribution in [-0.4, -0.2) is 35.3 Å². The lowest BCUT2D eigenvalue weighted by Crippen LogP contribution is -2.28. The van der Waals surface area contributed by atoms with E-state index in [0.29, 0.717) is 11.6 Å². The first kappa shape index (κ1) is 19.7. The largest absolute Gasteiger partial charge is 0.349 e. The molecule has 0 fully saturated rings. The highest BCUT2D eigenvalue weighted by Crippen LogP contribution is 2.20. The van der Waals surface area contributed by atoms with Crippen LogP contribution in [0.25, 0.3) is 11.5 Å². The summed E-state index contributed by atoms with van der Waals surface area (Å²) in [4.78, 5) is 21.3. The summed E-state index contributed by atoms with van der Waals surface area (Å²) in [5, 5.41) is 11.7. The van der Waals surface area contributed by atoms with Gasteiger partial charge in [0.1, 0.15) is 5.82 Å². The van der Waals surface area contributed by atoms with Gasteiger partial charge in [0.05, 0.1) is 24.3 Å². The highest BCUT2D eigenvalue weighted by atomic mass is 19.1. The van der Waals surface area contributed by atoms with Crippen LogP contribution in [0, 0.1) is 26.6 Å². The van der Waals surface area contributed by atoms with Gasteiger partial charge in [-0.2, -0.15) is 10.1 Å². The van der Waals surface area contributed by atoms with Crippen LogP contribution >= 0.6 is 0 Å². The number of rotatable bonds is 5. The number of carbonyl (C=O) groups excluding carboxylic acids is 1. The van der Waals surface area contributed by atoms with Crippen LogP contribution in [0.1, 0.15) is 41.4 Å². The summed E-state index contributed by atoms with van der Waals surface area (Å²) in [5.41, 5.74) is 4.27. The number of fused-ring (bicyclic) bond motifs is 1. The molecule has 4 rings (SSSR count). The van der Waals surface area contributed by atoms with Crippen LogP contribution in [0.5, 0.6) is 0 Å². The molecule has 0 saturated carbocycles. The van der Waals surface area contributed by atoms with Crippen molar-refractivity contribution in [1.82, 2.24) is 34.7 Å². The Morgan fingerprint density at radius 1 is 1.17 bits per heavy atom. The van der Waals surface area contributed by atoms with E-state index in [9.17, 15) is 9.18 Å². The Morgan fingerprint density at radius 3 is 2.63 bits per heavy atom. The number of benzene rings is 1. The van der Waals surface area contributed by atoms with Crippen molar-refractivity contribution in [3.63, 3.8) is 0 Å². The molecule has 9 heteroatoms. The van der Waals surface area contributed by atoms with Crippen molar-refractivity contribution in [2.75, 3.05) is 0 Å². The van der Waals surface area contributed by atoms with Crippen LogP contribution in [0.3, 0.4) is 0 Å². The fraction of sp³-hybridized carbons (Fsp3) is 0.286. The first-order valence-electron chi connectivity index (χ1n) is 9.61. The van der Waals surface area contributed by atoms with Crippen molar-refractivity contribution < 1.29 is 9.18 Å². The highest BCUT2D eigenvalue weighted by molar-refractivity contribution is 5.78. The van der Waals surface area contributed by atoms with E-state index in [1.54, 1.807) is 27.5 Å². The maximum atomic E-state index is 13.2. The zero-order valence-corrected chi connectivity index (χ0v) is 17.2. The zero-order valence-electron chi connectivity index (χ0n) is 17.2. The van der Waals surface area contributed by atoms with E-state index in [1.807, 2.05) is 33.8 Å². The first-order valence-corrected chi connectivity index (χ1v) is 9.61. The van der Waals surface area contributed by atoms with E-state index in [-0.39, 0.29) is 24.2 Å². The molecule has 0 saturated heterocycles. The van der Waals surface area contributed by atoms with Crippen LogP contribution in [-0.2, 0) is 11.2 Å². The van der Waals surface area contributed by atoms with Crippen LogP contribution < -0.4 is 5.32 Å². The van der Waals surface area contributed by atoms with Gasteiger partial charge in [-0.1, -0.05) is 0 Å². The normalized spacial score (nSPS) is 12.3. The van der Waals surface area contributed by atoms with Crippen molar-refractivity contribution in [3.05, 3.63) is 70.8 Å². The Kier molecular flexibility index (Phi) is 5.03. The van der Waals surface area contributed by atoms with Gasteiger partial charge in [-0.05, 0) is 58.0 Å². The summed E-state index contributed by atoms with van der Waals surface area (Å²) in [5.74, 6) is 0.409. The third kappa shape index (κ3) is 3.78. The number of halogens is 1. The number of carbonyl (C=O) groups is 1. The Balaban J connectivity index is 1.47. The summed E-state index contributed by atoms with van der Waals surface area (Å²) < 4.78 is 16.5. The van der Waals surface area contributed by atoms with E-state index in [1.165, 1.54) is 12.1 Å². The molecule has 0 bridgehead atoms. The molecule has 0 aliphatic rings. The van der Waals surface area contributed by atoms with Gasteiger partial charge in [0.2, 0.25) is 5.91 Å². The lowest BCUT2D eigenvalue weighted by molar-refractivity contribution is -0.121. The lowest BCUT2D eigenvalue weighted by Gasteiger charge is -2.13. The average molecular weight is 407 g/mol. The topological polar surface area (TPSA) is 90.0 Å². The molecular weight excluding hydrogens is 385 g/mol. The summed E-state index contributed by atoms with van der Waals surface area (Å²) in [6, 6.07) is 7.76. The molecule has 1 atom stereocenters. The van der Waals surface area contributed by atoms with Crippen molar-refractivity contribution in [3.8, 4) is 5.69 Å². The van der Waals surface area contributed by atoms with E-state index in [2.05, 4.69) is 25.5 Å². The van der Waals surface area contributed by atoms with Crippen molar-refractivity contribution >= 4 is 11.7 Å². The lowest BCUT2D eigenvalue weighted by atomic mass is 10.1. The van der Waals surface area contributed by atoms with Gasteiger partial charge in [-0.15, -0.1) is 5.10 Å². The Morgan fingerprint density at radius 2 is 1.90 bits per heavy atom. The number of nitrogens with one attached hydrogen (secondary N) is 1. The fourth-order valence-electron chi connectivity index (χ4n) is 3.49. The second-order valence-corrected chi connectivity index (χ2v) is 7.32. The molecule has 3 aromatic heterocycles. The molecule has 0 aliphatic carbocycles. The third-order valence-electron chi connectivity index (χ3n) is 4.94. The molecule has 30 heavy (non-hydrogen) atoms. The Bertz CT molecular complexity index is 1230. The number of aryl methyl sites for hydroxylation is 2. The standard InChI is InChI=1S/C21H22FN7O/c1-12-9-13(2)28-21(24-12)26-19(27-28)10-20(30)25-14(3)18-11-23-29(15(18)4)17-7-5-16(22)6-8-17/h5-9,11,14H,10H2,1-4H3,(H,25,30). The van der Waals surface area contributed by atoms with E-state index in [4.69, 9.17) is 0 Å². The van der Waals surface area contributed by atoms with Gasteiger partial charge in [0, 0.05) is 22.6 Å². The first-order chi connectivity index (χ1) is 14.3. The second-order valence-electron chi connectivity index (χ2n) is 7.32. The quantitative estimate of drug-likeness (QED) is 0.549. The minimum Gasteiger partial charge on any atom is -0.349 e. The molecule has 0 radical (unpaired) electrons. The summed E-state index contributed by atoms with van der Waals surface area (Å²) in [6.45, 7) is 7.62. The number of hydrogen-bond acceptors (Lipinski definition) is 5. The molecule has 1 amide bonds. The van der Waals surface area contributed by atoms with Gasteiger partial charge < -0.3 is 5.32 Å². The number of nitrogens with zero attached hydrogens (tertiary/aromatic N) is 6. The smallest absolute Gasteiger partial charge is 0.252 e. The summed E-state index contributed by atoms with van der Waals surface area (Å²) in [6.07, 6.45) is 1.76. The monoisotopic (exact) mass is 407 g/mol. The number of amides is 1. The van der Waals surface area contributed by atoms with Gasteiger partial charge in [0.25, 0.3) is 5.78 Å². The predicted molar refractivity (Wildman–Crippen MR) is 109 cm³/mol. The zero-order chi connectivity index (χ0) is 21.4. The second kappa shape index (κ2) is 7.66. The van der Waals surface area contributed by atoms with Crippen LogP contribution in [0.15, 0.2) is 36.5 Å². The fourth-order valence-corrected chi connectivity index (χ4v) is 3.49. The average Bonchev–Trinajstić information content (AvgIpc) is 3.25. The van der Waals surface area contributed by atoms with E-state index in [0.717, 1.165) is 28.3 Å². The SMILES string of the molecule is Cc1cc(C)n2nc(CC(=O)NC(C)c3cnn(-c4ccc(F)cc4)c3C)nc2n1. The molecule has 0 spiro atoms. The highest BCUT2D eigenvalue weighted by Gasteiger charge is 2.18. The molecular formula is C21H22FN7O. The molecule has 0 aliphatic heterocycles. The van der Waals surface area contributed by atoms with Gasteiger partial charge in [-0.3, -0.25) is 4.79 Å². The maximum absolute atomic E-state index is 13.2. The molecule has 1 unspecified atom stereocenters. The molecule has 3 heterocycles. The van der Waals surface area contributed by atoms with Crippen LogP contribution in [0.4, 0.5) is 4.39 Å². The molecule has 1 N–H and O–H groups in total. The predicted octanol–water partition coefficient (Wildman–Crippen LogP) is 2.79. The van der Waals surface area contributed by atoms with Gasteiger partial charge >= 0.3 is 0 Å². The summed E-state index contributed by atoms with van der Waals surface area (Å²) in [7, 11) is 0. The van der Waals surface area contributed by atoms with Crippen LogP contribution in [0.2, 0.25) is 0 Å². The van der Waals surface area contributed by atoms with Gasteiger partial charge in [0.15, 0.2) is 5.82 Å². The Labute approximate surface area is 172 Å². The van der Waals surface area contributed by atoms with E-state index >= 15 is 0 Å². The van der Waals surface area contributed by atoms with Crippen molar-refractivity contribution in [1.29, 1.82) is 0 Å². The minimum absolute atomic E-state index is 0.0529. The number of hydrogen-bond donors (Lipinski definition) is 1. The van der Waals surface area contributed by atoms with Crippen molar-refractivity contribution in [2.45, 2.75) is 40.2 Å². The minimum atomic E-state index is -0.300. The van der Waals surface area contributed by atoms with E-state index < -0.39 is 0 Å².